The number of carbonyl (C=O) groups is 1. The highest BCUT2D eigenvalue weighted by Gasteiger charge is 2.22. The predicted molar refractivity (Wildman–Crippen MR) is 117 cm³/mol. The lowest BCUT2D eigenvalue weighted by molar-refractivity contribution is -0.122. The first-order valence-corrected chi connectivity index (χ1v) is 9.84. The summed E-state index contributed by atoms with van der Waals surface area (Å²) in [4.78, 5) is 34.8. The van der Waals surface area contributed by atoms with E-state index in [-0.39, 0.29) is 18.0 Å². The number of nitrogens with zero attached hydrogens (tertiary/aromatic N) is 4. The minimum Gasteiger partial charge on any atom is -0.497 e. The fourth-order valence-electron chi connectivity index (χ4n) is 3.56. The van der Waals surface area contributed by atoms with Gasteiger partial charge in [-0.05, 0) is 36.8 Å². The molecule has 0 aliphatic heterocycles. The Kier molecular flexibility index (Phi) is 5.53. The van der Waals surface area contributed by atoms with Crippen LogP contribution in [0.15, 0.2) is 65.7 Å². The van der Waals surface area contributed by atoms with E-state index in [1.54, 1.807) is 38.4 Å². The average Bonchev–Trinajstić information content (AvgIpc) is 3.20. The molecule has 0 aliphatic rings. The van der Waals surface area contributed by atoms with Gasteiger partial charge in [0.2, 0.25) is 5.91 Å². The van der Waals surface area contributed by atoms with Crippen LogP contribution in [0.25, 0.3) is 10.9 Å². The fraction of sp³-hybridized carbons (Fsp3) is 0.217. The van der Waals surface area contributed by atoms with Crippen LogP contribution < -0.4 is 15.6 Å². The summed E-state index contributed by atoms with van der Waals surface area (Å²) in [6.45, 7) is 1.58. The number of amides is 1. The second kappa shape index (κ2) is 8.43. The smallest absolute Gasteiger partial charge is 0.261 e. The Morgan fingerprint density at radius 2 is 1.90 bits per heavy atom. The minimum atomic E-state index is -0.483. The van der Waals surface area contributed by atoms with Crippen molar-refractivity contribution in [2.45, 2.75) is 19.5 Å². The van der Waals surface area contributed by atoms with Crippen molar-refractivity contribution in [2.75, 3.05) is 7.11 Å². The number of aromatic nitrogens is 4. The van der Waals surface area contributed by atoms with Gasteiger partial charge in [-0.25, -0.2) is 9.97 Å². The molecule has 0 fully saturated rings. The molecule has 8 heteroatoms. The maximum atomic E-state index is 13.0. The van der Waals surface area contributed by atoms with Gasteiger partial charge in [0, 0.05) is 19.4 Å². The molecule has 0 bridgehead atoms. The van der Waals surface area contributed by atoms with E-state index in [4.69, 9.17) is 4.74 Å². The van der Waals surface area contributed by atoms with Crippen LogP contribution in [0.4, 0.5) is 0 Å². The molecule has 1 N–H and O–H groups in total. The Morgan fingerprint density at radius 3 is 2.58 bits per heavy atom. The number of hydrogen-bond acceptors (Lipinski definition) is 5. The molecule has 4 rings (SSSR count). The number of ether oxygens (including phenoxy) is 1. The van der Waals surface area contributed by atoms with Crippen molar-refractivity contribution in [2.24, 2.45) is 7.05 Å². The van der Waals surface area contributed by atoms with Gasteiger partial charge in [-0.3, -0.25) is 14.2 Å². The minimum absolute atomic E-state index is 0.139. The van der Waals surface area contributed by atoms with Gasteiger partial charge < -0.3 is 14.6 Å². The Balaban J connectivity index is 1.65. The van der Waals surface area contributed by atoms with E-state index in [0.717, 1.165) is 11.3 Å². The van der Waals surface area contributed by atoms with E-state index < -0.39 is 6.04 Å². The summed E-state index contributed by atoms with van der Waals surface area (Å²) in [5.41, 5.74) is 1.23. The van der Waals surface area contributed by atoms with Gasteiger partial charge in [0.05, 0.1) is 18.0 Å². The summed E-state index contributed by atoms with van der Waals surface area (Å²) in [5.74, 6) is 1.57. The predicted octanol–water partition coefficient (Wildman–Crippen LogP) is 2.35. The molecule has 0 radical (unpaired) electrons. The molecule has 2 aromatic heterocycles. The number of para-hydroxylation sites is 1. The van der Waals surface area contributed by atoms with Crippen LogP contribution >= 0.6 is 0 Å². The van der Waals surface area contributed by atoms with Crippen LogP contribution in [0.2, 0.25) is 0 Å². The number of carbonyl (C=O) groups excluding carboxylic acids is 1. The Morgan fingerprint density at radius 1 is 1.16 bits per heavy atom. The number of imidazole rings is 1. The van der Waals surface area contributed by atoms with Gasteiger partial charge >= 0.3 is 0 Å². The first kappa shape index (κ1) is 20.3. The largest absolute Gasteiger partial charge is 0.497 e. The number of fused-ring (bicyclic) bond motifs is 1. The van der Waals surface area contributed by atoms with Gasteiger partial charge in [-0.1, -0.05) is 24.3 Å². The summed E-state index contributed by atoms with van der Waals surface area (Å²) in [5, 5.41) is 3.50. The maximum absolute atomic E-state index is 13.0. The topological polar surface area (TPSA) is 91.0 Å². The van der Waals surface area contributed by atoms with Crippen LogP contribution in [0.5, 0.6) is 5.75 Å². The summed E-state index contributed by atoms with van der Waals surface area (Å²) in [6.07, 6.45) is 3.50. The van der Waals surface area contributed by atoms with Crippen molar-refractivity contribution in [3.05, 3.63) is 88.5 Å². The van der Waals surface area contributed by atoms with Crippen LogP contribution in [-0.2, 0) is 18.4 Å². The number of methoxy groups -OCH3 is 1. The summed E-state index contributed by atoms with van der Waals surface area (Å²) in [6, 6.07) is 14.1. The Labute approximate surface area is 179 Å². The van der Waals surface area contributed by atoms with Crippen LogP contribution in [0.1, 0.15) is 23.3 Å². The summed E-state index contributed by atoms with van der Waals surface area (Å²) < 4.78 is 8.47. The number of benzene rings is 2. The zero-order chi connectivity index (χ0) is 22.0. The quantitative estimate of drug-likeness (QED) is 0.520. The molecule has 2 heterocycles. The molecule has 1 atom stereocenters. The van der Waals surface area contributed by atoms with E-state index in [2.05, 4.69) is 15.3 Å². The first-order chi connectivity index (χ1) is 15.0. The molecule has 158 valence electrons. The highest BCUT2D eigenvalue weighted by molar-refractivity contribution is 5.79. The molecule has 2 aromatic carbocycles. The molecule has 4 aromatic rings. The molecule has 0 aliphatic carbocycles. The average molecular weight is 417 g/mol. The standard InChI is InChI=1S/C23H23N5O3/c1-15-25-19-7-5-4-6-18(19)23(30)28(15)14-20(29)26-21(22-24-12-13-27(22)2)16-8-10-17(31-3)11-9-16/h4-13,21H,14H2,1-3H3,(H,26,29). The summed E-state index contributed by atoms with van der Waals surface area (Å²) in [7, 11) is 3.47. The van der Waals surface area contributed by atoms with Gasteiger partial charge in [-0.2, -0.15) is 0 Å². The molecule has 0 saturated carbocycles. The van der Waals surface area contributed by atoms with E-state index in [0.29, 0.717) is 22.6 Å². The second-order valence-corrected chi connectivity index (χ2v) is 7.24. The number of rotatable bonds is 6. The lowest BCUT2D eigenvalue weighted by Gasteiger charge is -2.20. The van der Waals surface area contributed by atoms with Gasteiger partial charge in [0.15, 0.2) is 0 Å². The number of aryl methyl sites for hydroxylation is 2. The van der Waals surface area contributed by atoms with Gasteiger partial charge in [0.1, 0.15) is 30.0 Å². The first-order valence-electron chi connectivity index (χ1n) is 9.84. The summed E-state index contributed by atoms with van der Waals surface area (Å²) >= 11 is 0. The van der Waals surface area contributed by atoms with Crippen molar-refractivity contribution >= 4 is 16.8 Å². The maximum Gasteiger partial charge on any atom is 0.261 e. The lowest BCUT2D eigenvalue weighted by atomic mass is 10.1. The van der Waals surface area contributed by atoms with Crippen molar-refractivity contribution in [3.63, 3.8) is 0 Å². The number of nitrogens with one attached hydrogen (secondary N) is 1. The van der Waals surface area contributed by atoms with Crippen molar-refractivity contribution in [1.82, 2.24) is 24.4 Å². The third-order valence-electron chi connectivity index (χ3n) is 5.23. The lowest BCUT2D eigenvalue weighted by Crippen LogP contribution is -2.37. The normalized spacial score (nSPS) is 12.0. The molecule has 0 saturated heterocycles. The Bertz CT molecular complexity index is 1290. The third-order valence-corrected chi connectivity index (χ3v) is 5.23. The highest BCUT2D eigenvalue weighted by Crippen LogP contribution is 2.23. The molecule has 1 amide bonds. The second-order valence-electron chi connectivity index (χ2n) is 7.24. The van der Waals surface area contributed by atoms with E-state index >= 15 is 0 Å². The SMILES string of the molecule is COc1ccc(C(NC(=O)Cn2c(C)nc3ccccc3c2=O)c2nccn2C)cc1. The molecule has 31 heavy (non-hydrogen) atoms. The van der Waals surface area contributed by atoms with Gasteiger partial charge in [-0.15, -0.1) is 0 Å². The molecule has 8 nitrogen and oxygen atoms in total. The van der Waals surface area contributed by atoms with Crippen LogP contribution in [0, 0.1) is 6.92 Å². The van der Waals surface area contributed by atoms with E-state index in [1.165, 1.54) is 4.57 Å². The van der Waals surface area contributed by atoms with Crippen LogP contribution in [0.3, 0.4) is 0 Å². The molecule has 0 spiro atoms. The molecular weight excluding hydrogens is 394 g/mol. The zero-order valence-corrected chi connectivity index (χ0v) is 17.6. The zero-order valence-electron chi connectivity index (χ0n) is 17.6. The number of hydrogen-bond donors (Lipinski definition) is 1. The Hall–Kier alpha value is -3.94. The van der Waals surface area contributed by atoms with E-state index in [1.807, 2.05) is 48.1 Å². The van der Waals surface area contributed by atoms with Crippen molar-refractivity contribution in [1.29, 1.82) is 0 Å². The monoisotopic (exact) mass is 417 g/mol. The van der Waals surface area contributed by atoms with Crippen molar-refractivity contribution < 1.29 is 9.53 Å². The van der Waals surface area contributed by atoms with Gasteiger partial charge in [0.25, 0.3) is 5.56 Å². The fourth-order valence-corrected chi connectivity index (χ4v) is 3.56. The third kappa shape index (κ3) is 4.05. The van der Waals surface area contributed by atoms with E-state index in [9.17, 15) is 9.59 Å². The van der Waals surface area contributed by atoms with Crippen LogP contribution in [-0.4, -0.2) is 32.1 Å². The highest BCUT2D eigenvalue weighted by atomic mass is 16.5. The molecule has 1 unspecified atom stereocenters. The van der Waals surface area contributed by atoms with Crippen molar-refractivity contribution in [3.8, 4) is 5.75 Å². The molecular formula is C23H23N5O3.